The third kappa shape index (κ3) is 4.58. The molecule has 128 valence electrons. The first-order chi connectivity index (χ1) is 10.9. The zero-order chi connectivity index (χ0) is 17.0. The lowest BCUT2D eigenvalue weighted by molar-refractivity contribution is -0.129. The van der Waals surface area contributed by atoms with Crippen LogP contribution in [0.3, 0.4) is 0 Å². The Morgan fingerprint density at radius 3 is 2.78 bits per heavy atom. The Morgan fingerprint density at radius 1 is 1.48 bits per heavy atom. The SMILES string of the molecule is CC(C)CN1C[C@H](C(=O)NC[C@@H](c2ccco2)N(C)C)CC1=O. The van der Waals surface area contributed by atoms with Crippen molar-refractivity contribution in [1.82, 2.24) is 15.1 Å². The summed E-state index contributed by atoms with van der Waals surface area (Å²) in [6.07, 6.45) is 1.94. The summed E-state index contributed by atoms with van der Waals surface area (Å²) < 4.78 is 5.44. The molecule has 1 aliphatic rings. The predicted octanol–water partition coefficient (Wildman–Crippen LogP) is 1.50. The first kappa shape index (κ1) is 17.5. The molecule has 0 unspecified atom stereocenters. The largest absolute Gasteiger partial charge is 0.468 e. The highest BCUT2D eigenvalue weighted by atomic mass is 16.3. The maximum atomic E-state index is 12.4. The van der Waals surface area contributed by atoms with Gasteiger partial charge in [-0.1, -0.05) is 13.8 Å². The van der Waals surface area contributed by atoms with Gasteiger partial charge < -0.3 is 14.6 Å². The zero-order valence-electron chi connectivity index (χ0n) is 14.4. The van der Waals surface area contributed by atoms with E-state index in [2.05, 4.69) is 19.2 Å². The molecular formula is C17H27N3O3. The number of nitrogens with one attached hydrogen (secondary N) is 1. The molecule has 2 rings (SSSR count). The highest BCUT2D eigenvalue weighted by Gasteiger charge is 2.34. The topological polar surface area (TPSA) is 65.8 Å². The van der Waals surface area contributed by atoms with Gasteiger partial charge >= 0.3 is 0 Å². The first-order valence-corrected chi connectivity index (χ1v) is 8.13. The van der Waals surface area contributed by atoms with Crippen LogP contribution in [0.25, 0.3) is 0 Å². The van der Waals surface area contributed by atoms with Gasteiger partial charge in [-0.3, -0.25) is 14.5 Å². The number of carbonyl (C=O) groups is 2. The third-order valence-electron chi connectivity index (χ3n) is 4.14. The van der Waals surface area contributed by atoms with Gasteiger partial charge in [-0.2, -0.15) is 0 Å². The van der Waals surface area contributed by atoms with E-state index in [0.717, 1.165) is 12.3 Å². The molecule has 2 heterocycles. The van der Waals surface area contributed by atoms with E-state index >= 15 is 0 Å². The summed E-state index contributed by atoms with van der Waals surface area (Å²) in [4.78, 5) is 28.2. The van der Waals surface area contributed by atoms with Crippen LogP contribution in [-0.2, 0) is 9.59 Å². The van der Waals surface area contributed by atoms with Crippen LogP contribution < -0.4 is 5.32 Å². The minimum atomic E-state index is -0.249. The average molecular weight is 321 g/mol. The van der Waals surface area contributed by atoms with Gasteiger partial charge in [-0.15, -0.1) is 0 Å². The minimum Gasteiger partial charge on any atom is -0.468 e. The summed E-state index contributed by atoms with van der Waals surface area (Å²) >= 11 is 0. The van der Waals surface area contributed by atoms with Gasteiger partial charge in [0.1, 0.15) is 5.76 Å². The lowest BCUT2D eigenvalue weighted by Gasteiger charge is -2.23. The fraction of sp³-hybridized carbons (Fsp3) is 0.647. The van der Waals surface area contributed by atoms with E-state index in [1.165, 1.54) is 0 Å². The van der Waals surface area contributed by atoms with Crippen LogP contribution in [0.2, 0.25) is 0 Å². The Morgan fingerprint density at radius 2 is 2.22 bits per heavy atom. The summed E-state index contributed by atoms with van der Waals surface area (Å²) in [5, 5.41) is 2.97. The smallest absolute Gasteiger partial charge is 0.225 e. The molecule has 1 aromatic heterocycles. The van der Waals surface area contributed by atoms with Crippen LogP contribution in [0.1, 0.15) is 32.1 Å². The molecule has 0 aliphatic carbocycles. The van der Waals surface area contributed by atoms with Crippen molar-refractivity contribution in [3.8, 4) is 0 Å². The van der Waals surface area contributed by atoms with Crippen LogP contribution >= 0.6 is 0 Å². The van der Waals surface area contributed by atoms with E-state index in [1.807, 2.05) is 31.1 Å². The number of likely N-dealkylation sites (tertiary alicyclic amines) is 1. The number of hydrogen-bond donors (Lipinski definition) is 1. The second-order valence-corrected chi connectivity index (χ2v) is 6.83. The molecule has 1 saturated heterocycles. The van der Waals surface area contributed by atoms with Gasteiger partial charge in [0.25, 0.3) is 0 Å². The van der Waals surface area contributed by atoms with Gasteiger partial charge in [0, 0.05) is 26.1 Å². The molecule has 0 radical (unpaired) electrons. The van der Waals surface area contributed by atoms with Crippen LogP contribution in [0.4, 0.5) is 0 Å². The third-order valence-corrected chi connectivity index (χ3v) is 4.14. The van der Waals surface area contributed by atoms with Crippen LogP contribution in [0.15, 0.2) is 22.8 Å². The van der Waals surface area contributed by atoms with Crippen molar-refractivity contribution in [3.05, 3.63) is 24.2 Å². The Kier molecular flexibility index (Phi) is 5.82. The number of amides is 2. The summed E-state index contributed by atoms with van der Waals surface area (Å²) in [7, 11) is 3.89. The van der Waals surface area contributed by atoms with Gasteiger partial charge in [0.15, 0.2) is 0 Å². The van der Waals surface area contributed by atoms with Crippen molar-refractivity contribution >= 4 is 11.8 Å². The van der Waals surface area contributed by atoms with Gasteiger partial charge in [0.2, 0.25) is 11.8 Å². The fourth-order valence-electron chi connectivity index (χ4n) is 2.93. The maximum absolute atomic E-state index is 12.4. The first-order valence-electron chi connectivity index (χ1n) is 8.13. The fourth-order valence-corrected chi connectivity index (χ4v) is 2.93. The van der Waals surface area contributed by atoms with Gasteiger partial charge in [-0.05, 0) is 32.1 Å². The Balaban J connectivity index is 1.88. The molecule has 1 aromatic rings. The van der Waals surface area contributed by atoms with Gasteiger partial charge in [-0.25, -0.2) is 0 Å². The molecule has 1 N–H and O–H groups in total. The van der Waals surface area contributed by atoms with Crippen LogP contribution in [-0.4, -0.2) is 55.3 Å². The predicted molar refractivity (Wildman–Crippen MR) is 87.7 cm³/mol. The molecule has 1 fully saturated rings. The average Bonchev–Trinajstić information content (AvgIpc) is 3.09. The van der Waals surface area contributed by atoms with Crippen LogP contribution in [0.5, 0.6) is 0 Å². The van der Waals surface area contributed by atoms with Crippen molar-refractivity contribution in [2.45, 2.75) is 26.3 Å². The number of nitrogens with zero attached hydrogens (tertiary/aromatic N) is 2. The molecule has 6 heteroatoms. The van der Waals surface area contributed by atoms with E-state index in [4.69, 9.17) is 4.42 Å². The van der Waals surface area contributed by atoms with Crippen molar-refractivity contribution in [3.63, 3.8) is 0 Å². The van der Waals surface area contributed by atoms with Gasteiger partial charge in [0.05, 0.1) is 18.2 Å². The maximum Gasteiger partial charge on any atom is 0.225 e. The van der Waals surface area contributed by atoms with E-state index in [0.29, 0.717) is 25.4 Å². The number of rotatable bonds is 7. The summed E-state index contributed by atoms with van der Waals surface area (Å²) in [5.41, 5.74) is 0. The standard InChI is InChI=1S/C17H27N3O3/c1-12(2)10-20-11-13(8-16(20)21)17(22)18-9-14(19(3)4)15-6-5-7-23-15/h5-7,12-14H,8-11H2,1-4H3,(H,18,22)/t13-,14+/m1/s1. The quantitative estimate of drug-likeness (QED) is 0.826. The molecule has 6 nitrogen and oxygen atoms in total. The van der Waals surface area contributed by atoms with E-state index in [-0.39, 0.29) is 23.8 Å². The molecule has 0 bridgehead atoms. The molecule has 23 heavy (non-hydrogen) atoms. The Bertz CT molecular complexity index is 525. The molecule has 1 aliphatic heterocycles. The lowest BCUT2D eigenvalue weighted by Crippen LogP contribution is -2.38. The second-order valence-electron chi connectivity index (χ2n) is 6.83. The van der Waals surface area contributed by atoms with Crippen molar-refractivity contribution in [1.29, 1.82) is 0 Å². The molecule has 0 saturated carbocycles. The Hall–Kier alpha value is -1.82. The monoisotopic (exact) mass is 321 g/mol. The lowest BCUT2D eigenvalue weighted by atomic mass is 10.1. The molecule has 2 amide bonds. The normalized spacial score (nSPS) is 19.7. The molecular weight excluding hydrogens is 294 g/mol. The number of likely N-dealkylation sites (N-methyl/N-ethyl adjacent to an activating group) is 1. The summed E-state index contributed by atoms with van der Waals surface area (Å²) in [5.74, 6) is 1.01. The van der Waals surface area contributed by atoms with E-state index in [9.17, 15) is 9.59 Å². The van der Waals surface area contributed by atoms with E-state index < -0.39 is 0 Å². The van der Waals surface area contributed by atoms with Crippen LogP contribution in [0, 0.1) is 11.8 Å². The van der Waals surface area contributed by atoms with Crippen molar-refractivity contribution in [2.75, 3.05) is 33.7 Å². The Labute approximate surface area is 137 Å². The summed E-state index contributed by atoms with van der Waals surface area (Å²) in [6, 6.07) is 3.73. The molecule has 2 atom stereocenters. The second kappa shape index (κ2) is 7.64. The zero-order valence-corrected chi connectivity index (χ0v) is 14.4. The highest BCUT2D eigenvalue weighted by molar-refractivity contribution is 5.89. The highest BCUT2D eigenvalue weighted by Crippen LogP contribution is 2.21. The minimum absolute atomic E-state index is 0.0159. The number of hydrogen-bond acceptors (Lipinski definition) is 4. The van der Waals surface area contributed by atoms with Crippen molar-refractivity contribution < 1.29 is 14.0 Å². The number of furan rings is 1. The molecule has 0 aromatic carbocycles. The molecule has 0 spiro atoms. The number of carbonyl (C=O) groups excluding carboxylic acids is 2. The van der Waals surface area contributed by atoms with Crippen molar-refractivity contribution in [2.24, 2.45) is 11.8 Å². The summed E-state index contributed by atoms with van der Waals surface area (Å²) in [6.45, 7) is 5.86. The van der Waals surface area contributed by atoms with E-state index in [1.54, 1.807) is 11.2 Å².